The van der Waals surface area contributed by atoms with Gasteiger partial charge in [0.1, 0.15) is 0 Å². The maximum absolute atomic E-state index is 6.15. The molecular weight excluding hydrogens is 471 g/mol. The highest BCUT2D eigenvalue weighted by Crippen LogP contribution is 2.28. The van der Waals surface area contributed by atoms with Crippen LogP contribution in [0.1, 0.15) is 5.56 Å². The van der Waals surface area contributed by atoms with Crippen molar-refractivity contribution < 1.29 is 0 Å². The molecule has 2 N–H and O–H groups in total. The first-order chi connectivity index (χ1) is 11.5. The molecule has 0 amide bonds. The average Bonchev–Trinajstić information content (AvgIpc) is 2.53. The summed E-state index contributed by atoms with van der Waals surface area (Å²) < 4.78 is 0.850. The van der Waals surface area contributed by atoms with Gasteiger partial charge < -0.3 is 10.6 Å². The summed E-state index contributed by atoms with van der Waals surface area (Å²) in [6.07, 6.45) is 0. The molecule has 0 saturated carbocycles. The Hall–Kier alpha value is -0.170. The molecule has 0 fully saturated rings. The molecule has 0 saturated heterocycles. The van der Waals surface area contributed by atoms with Gasteiger partial charge in [0.05, 0.1) is 5.02 Å². The van der Waals surface area contributed by atoms with Gasteiger partial charge in [0.2, 0.25) is 0 Å². The number of thioether (sulfide) groups is 1. The Balaban J connectivity index is 1.70. The molecule has 0 heterocycles. The van der Waals surface area contributed by atoms with Crippen molar-refractivity contribution in [2.75, 3.05) is 17.6 Å². The summed E-state index contributed by atoms with van der Waals surface area (Å²) in [6.45, 7) is 0.739. The topological polar surface area (TPSA) is 24.1 Å². The standard InChI is InChI=1S/C16H14BrCl3N2S2/c17-12-5-4-10(8-15(12)20)22-16(23)21-6-7-24-9-11-13(18)2-1-3-14(11)19/h1-5,8H,6-7,9H2,(H2,21,22,23). The van der Waals surface area contributed by atoms with Crippen LogP contribution in [0.3, 0.4) is 0 Å². The lowest BCUT2D eigenvalue weighted by molar-refractivity contribution is 0.990. The summed E-state index contributed by atoms with van der Waals surface area (Å²) in [5.41, 5.74) is 1.81. The van der Waals surface area contributed by atoms with E-state index in [1.807, 2.05) is 36.4 Å². The fraction of sp³-hybridized carbons (Fsp3) is 0.188. The maximum Gasteiger partial charge on any atom is 0.170 e. The van der Waals surface area contributed by atoms with E-state index in [4.69, 9.17) is 47.0 Å². The molecule has 128 valence electrons. The Morgan fingerprint density at radius 3 is 2.46 bits per heavy atom. The second kappa shape index (κ2) is 10.1. The Morgan fingerprint density at radius 2 is 1.79 bits per heavy atom. The largest absolute Gasteiger partial charge is 0.362 e. The fourth-order valence-corrected chi connectivity index (χ4v) is 4.07. The minimum atomic E-state index is 0.560. The first-order valence-electron chi connectivity index (χ1n) is 6.98. The SMILES string of the molecule is S=C(NCCSCc1c(Cl)cccc1Cl)Nc1ccc(Br)c(Cl)c1. The Kier molecular flexibility index (Phi) is 8.47. The van der Waals surface area contributed by atoms with Gasteiger partial charge in [0.15, 0.2) is 5.11 Å². The van der Waals surface area contributed by atoms with Crippen molar-refractivity contribution in [1.82, 2.24) is 5.32 Å². The molecule has 0 bridgehead atoms. The van der Waals surface area contributed by atoms with Gasteiger partial charge in [-0.15, -0.1) is 0 Å². The minimum Gasteiger partial charge on any atom is -0.362 e. The molecule has 0 unspecified atom stereocenters. The number of thiocarbonyl (C=S) groups is 1. The molecular formula is C16H14BrCl3N2S2. The highest BCUT2D eigenvalue weighted by atomic mass is 79.9. The molecule has 8 heteroatoms. The molecule has 2 rings (SSSR count). The molecule has 0 aliphatic heterocycles. The number of halogens is 4. The van der Waals surface area contributed by atoms with Crippen LogP contribution in [0.2, 0.25) is 15.1 Å². The van der Waals surface area contributed by atoms with Crippen LogP contribution in [-0.2, 0) is 5.75 Å². The van der Waals surface area contributed by atoms with Crippen molar-refractivity contribution in [2.45, 2.75) is 5.75 Å². The lowest BCUT2D eigenvalue weighted by Crippen LogP contribution is -2.30. The molecule has 2 aromatic rings. The Bertz CT molecular complexity index is 708. The van der Waals surface area contributed by atoms with Crippen LogP contribution in [-0.4, -0.2) is 17.4 Å². The second-order valence-corrected chi connectivity index (χ2v) is 8.35. The monoisotopic (exact) mass is 482 g/mol. The van der Waals surface area contributed by atoms with Crippen molar-refractivity contribution in [3.8, 4) is 0 Å². The number of hydrogen-bond acceptors (Lipinski definition) is 2. The number of hydrogen-bond donors (Lipinski definition) is 2. The van der Waals surface area contributed by atoms with Crippen molar-refractivity contribution in [3.63, 3.8) is 0 Å². The summed E-state index contributed by atoms with van der Waals surface area (Å²) in [4.78, 5) is 0. The van der Waals surface area contributed by atoms with Crippen LogP contribution in [0.25, 0.3) is 0 Å². The zero-order valence-electron chi connectivity index (χ0n) is 12.4. The number of nitrogens with one attached hydrogen (secondary N) is 2. The van der Waals surface area contributed by atoms with Crippen molar-refractivity contribution >= 4 is 85.5 Å². The molecule has 0 spiro atoms. The van der Waals surface area contributed by atoms with E-state index in [0.29, 0.717) is 20.2 Å². The summed E-state index contributed by atoms with van der Waals surface area (Å²) in [6, 6.07) is 11.1. The number of rotatable bonds is 6. The van der Waals surface area contributed by atoms with E-state index in [2.05, 4.69) is 26.6 Å². The van der Waals surface area contributed by atoms with Crippen LogP contribution < -0.4 is 10.6 Å². The van der Waals surface area contributed by atoms with E-state index in [1.54, 1.807) is 11.8 Å². The van der Waals surface area contributed by atoms with Crippen LogP contribution in [0.4, 0.5) is 5.69 Å². The Morgan fingerprint density at radius 1 is 1.08 bits per heavy atom. The second-order valence-electron chi connectivity index (χ2n) is 4.76. The first-order valence-corrected chi connectivity index (χ1v) is 10.5. The normalized spacial score (nSPS) is 10.5. The van der Waals surface area contributed by atoms with Crippen molar-refractivity contribution in [2.24, 2.45) is 0 Å². The molecule has 2 nitrogen and oxygen atoms in total. The van der Waals surface area contributed by atoms with E-state index in [0.717, 1.165) is 33.8 Å². The molecule has 0 aliphatic rings. The van der Waals surface area contributed by atoms with Gasteiger partial charge in [-0.05, 0) is 64.0 Å². The number of anilines is 1. The van der Waals surface area contributed by atoms with Gasteiger partial charge in [-0.1, -0.05) is 40.9 Å². The van der Waals surface area contributed by atoms with E-state index in [1.165, 1.54) is 0 Å². The molecule has 0 radical (unpaired) electrons. The van der Waals surface area contributed by atoms with Crippen LogP contribution in [0.15, 0.2) is 40.9 Å². The summed E-state index contributed by atoms with van der Waals surface area (Å²) in [5, 5.41) is 8.86. The third kappa shape index (κ3) is 6.28. The highest BCUT2D eigenvalue weighted by molar-refractivity contribution is 9.10. The van der Waals surface area contributed by atoms with E-state index < -0.39 is 0 Å². The van der Waals surface area contributed by atoms with Crippen LogP contribution in [0, 0.1) is 0 Å². The highest BCUT2D eigenvalue weighted by Gasteiger charge is 2.05. The van der Waals surface area contributed by atoms with E-state index in [-0.39, 0.29) is 0 Å². The van der Waals surface area contributed by atoms with Gasteiger partial charge >= 0.3 is 0 Å². The summed E-state index contributed by atoms with van der Waals surface area (Å²) in [7, 11) is 0. The molecule has 2 aromatic carbocycles. The quantitative estimate of drug-likeness (QED) is 0.355. The molecule has 0 aliphatic carbocycles. The average molecular weight is 485 g/mol. The van der Waals surface area contributed by atoms with E-state index >= 15 is 0 Å². The predicted octanol–water partition coefficient (Wildman–Crippen LogP) is 6.63. The summed E-state index contributed by atoms with van der Waals surface area (Å²) in [5.74, 6) is 1.65. The van der Waals surface area contributed by atoms with Crippen LogP contribution >= 0.6 is 74.7 Å². The van der Waals surface area contributed by atoms with Crippen molar-refractivity contribution in [1.29, 1.82) is 0 Å². The molecule has 0 aromatic heterocycles. The van der Waals surface area contributed by atoms with Crippen molar-refractivity contribution in [3.05, 3.63) is 61.5 Å². The predicted molar refractivity (Wildman–Crippen MR) is 116 cm³/mol. The number of benzene rings is 2. The fourth-order valence-electron chi connectivity index (χ4n) is 1.83. The van der Waals surface area contributed by atoms with E-state index in [9.17, 15) is 0 Å². The lowest BCUT2D eigenvalue weighted by atomic mass is 10.2. The third-order valence-electron chi connectivity index (χ3n) is 3.02. The zero-order valence-corrected chi connectivity index (χ0v) is 17.9. The smallest absolute Gasteiger partial charge is 0.170 e. The third-order valence-corrected chi connectivity index (χ3v) is 6.19. The van der Waals surface area contributed by atoms with Gasteiger partial charge in [0.25, 0.3) is 0 Å². The Labute approximate surface area is 174 Å². The summed E-state index contributed by atoms with van der Waals surface area (Å²) >= 11 is 28.7. The minimum absolute atomic E-state index is 0.560. The van der Waals surface area contributed by atoms with Gasteiger partial charge in [0, 0.05) is 38.3 Å². The molecule has 0 atom stereocenters. The van der Waals surface area contributed by atoms with Crippen LogP contribution in [0.5, 0.6) is 0 Å². The van der Waals surface area contributed by atoms with Gasteiger partial charge in [-0.25, -0.2) is 0 Å². The first kappa shape index (κ1) is 20.1. The molecule has 24 heavy (non-hydrogen) atoms. The zero-order chi connectivity index (χ0) is 17.5. The maximum atomic E-state index is 6.15. The van der Waals surface area contributed by atoms with Gasteiger partial charge in [-0.2, -0.15) is 11.8 Å². The lowest BCUT2D eigenvalue weighted by Gasteiger charge is -2.11. The van der Waals surface area contributed by atoms with Gasteiger partial charge in [-0.3, -0.25) is 0 Å².